The van der Waals surface area contributed by atoms with Gasteiger partial charge in [0.2, 0.25) is 0 Å². The van der Waals surface area contributed by atoms with Crippen LogP contribution in [0.1, 0.15) is 26.7 Å². The second-order valence-electron chi connectivity index (χ2n) is 12.3. The second kappa shape index (κ2) is 15.4. The number of hydrogen-bond acceptors (Lipinski definition) is 12. The third kappa shape index (κ3) is 8.42. The highest BCUT2D eigenvalue weighted by atomic mass is 16.6. The van der Waals surface area contributed by atoms with E-state index in [0.717, 1.165) is 55.7 Å². The van der Waals surface area contributed by atoms with E-state index in [-0.39, 0.29) is 38.2 Å². The summed E-state index contributed by atoms with van der Waals surface area (Å²) >= 11 is 0. The van der Waals surface area contributed by atoms with Gasteiger partial charge in [0.25, 0.3) is 0 Å². The molecule has 6 N–H and O–H groups in total. The minimum atomic E-state index is -0.867. The molecular formula is C39H40N6O6. The molecule has 0 spiro atoms. The van der Waals surface area contributed by atoms with Crippen LogP contribution in [0.5, 0.6) is 0 Å². The highest BCUT2D eigenvalue weighted by Gasteiger charge is 2.33. The molecule has 0 saturated heterocycles. The van der Waals surface area contributed by atoms with E-state index in [1.165, 1.54) is 6.92 Å². The first-order valence-corrected chi connectivity index (χ1v) is 16.6. The fraction of sp³-hybridized carbons (Fsp3) is 0.205. The third-order valence-corrected chi connectivity index (χ3v) is 8.21. The normalized spacial score (nSPS) is 14.4. The summed E-state index contributed by atoms with van der Waals surface area (Å²) in [5, 5.41) is 11.1. The van der Waals surface area contributed by atoms with Crippen LogP contribution < -0.4 is 32.3 Å². The Kier molecular flexibility index (Phi) is 10.4. The van der Waals surface area contributed by atoms with Gasteiger partial charge in [-0.1, -0.05) is 67.2 Å². The van der Waals surface area contributed by atoms with E-state index in [4.69, 9.17) is 14.2 Å². The first-order chi connectivity index (χ1) is 24.7. The number of nitrogens with one attached hydrogen (secondary N) is 6. The van der Waals surface area contributed by atoms with Crippen LogP contribution in [0.25, 0.3) is 21.5 Å². The SMILES string of the molecule is C=C(C)C(=O)OCCOC(=O)CCC(=O)OCC1(C)Nc2cccc3ccc(NNc4ccc(NNc5ccccc5)c5ccccc45)c(c23)N1. The topological polar surface area (TPSA) is 151 Å². The number of esters is 3. The Balaban J connectivity index is 1.09. The number of carbonyl (C=O) groups is 3. The predicted octanol–water partition coefficient (Wildman–Crippen LogP) is 7.41. The first kappa shape index (κ1) is 34.4. The van der Waals surface area contributed by atoms with Crippen LogP contribution in [-0.4, -0.2) is 43.4 Å². The van der Waals surface area contributed by atoms with Crippen LogP contribution in [0.15, 0.2) is 109 Å². The van der Waals surface area contributed by atoms with E-state index in [1.807, 2.05) is 91.9 Å². The Bertz CT molecular complexity index is 2090. The number of carbonyl (C=O) groups excluding carboxylic acids is 3. The van der Waals surface area contributed by atoms with Crippen LogP contribution >= 0.6 is 0 Å². The van der Waals surface area contributed by atoms with Crippen LogP contribution in [0.4, 0.5) is 34.1 Å². The lowest BCUT2D eigenvalue weighted by Gasteiger charge is -2.39. The largest absolute Gasteiger partial charge is 0.462 e. The smallest absolute Gasteiger partial charge is 0.333 e. The Morgan fingerprint density at radius 3 is 1.98 bits per heavy atom. The summed E-state index contributed by atoms with van der Waals surface area (Å²) in [6.45, 7) is 6.69. The van der Waals surface area contributed by atoms with Gasteiger partial charge >= 0.3 is 17.9 Å². The number of para-hydroxylation sites is 1. The molecule has 0 radical (unpaired) electrons. The summed E-state index contributed by atoms with van der Waals surface area (Å²) in [7, 11) is 0. The average Bonchev–Trinajstić information content (AvgIpc) is 3.14. The maximum absolute atomic E-state index is 12.6. The van der Waals surface area contributed by atoms with Gasteiger partial charge in [0.1, 0.15) is 25.5 Å². The Morgan fingerprint density at radius 1 is 0.667 bits per heavy atom. The van der Waals surface area contributed by atoms with Crippen LogP contribution in [0, 0.1) is 0 Å². The number of benzene rings is 5. The van der Waals surface area contributed by atoms with E-state index in [0.29, 0.717) is 0 Å². The fourth-order valence-corrected chi connectivity index (χ4v) is 5.69. The summed E-state index contributed by atoms with van der Waals surface area (Å²) in [5.74, 6) is -1.70. The van der Waals surface area contributed by atoms with Crippen LogP contribution in [0.3, 0.4) is 0 Å². The van der Waals surface area contributed by atoms with Gasteiger partial charge in [-0.3, -0.25) is 15.0 Å². The van der Waals surface area contributed by atoms with Crippen molar-refractivity contribution in [2.75, 3.05) is 52.2 Å². The molecule has 1 aliphatic heterocycles. The summed E-state index contributed by atoms with van der Waals surface area (Å²) in [5.41, 5.74) is 18.1. The minimum absolute atomic E-state index is 0.0224. The summed E-state index contributed by atoms with van der Waals surface area (Å²) in [4.78, 5) is 36.1. The van der Waals surface area contributed by atoms with Gasteiger partial charge in [0.15, 0.2) is 0 Å². The highest BCUT2D eigenvalue weighted by molar-refractivity contribution is 6.10. The lowest BCUT2D eigenvalue weighted by atomic mass is 9.99. The fourth-order valence-electron chi connectivity index (χ4n) is 5.69. The molecule has 5 aromatic carbocycles. The molecule has 0 bridgehead atoms. The molecule has 1 aliphatic rings. The quantitative estimate of drug-likeness (QED) is 0.0214. The van der Waals surface area contributed by atoms with E-state index in [9.17, 15) is 14.4 Å². The first-order valence-electron chi connectivity index (χ1n) is 16.6. The van der Waals surface area contributed by atoms with Gasteiger partial charge in [-0.2, -0.15) is 0 Å². The molecule has 6 rings (SSSR count). The van der Waals surface area contributed by atoms with Crippen molar-refractivity contribution >= 4 is 73.6 Å². The standard InChI is InChI=1S/C39H40N6O6/c1-25(2)38(48)50-23-22-49-34(46)20-21-35(47)51-24-39(3)40-32-15-9-10-26-16-17-33(37(41-39)36(26)32)45-44-31-19-18-30(28-13-7-8-14-29(28)31)43-42-27-11-5-4-6-12-27/h4-19,40-45H,1,20-24H2,2-3H3. The number of ether oxygens (including phenoxy) is 3. The predicted molar refractivity (Wildman–Crippen MR) is 201 cm³/mol. The van der Waals surface area contributed by atoms with Gasteiger partial charge in [-0.15, -0.1) is 0 Å². The minimum Gasteiger partial charge on any atom is -0.462 e. The van der Waals surface area contributed by atoms with Crippen molar-refractivity contribution in [3.63, 3.8) is 0 Å². The zero-order valence-corrected chi connectivity index (χ0v) is 28.4. The molecule has 0 fully saturated rings. The maximum Gasteiger partial charge on any atom is 0.333 e. The molecule has 0 aromatic heterocycles. The second-order valence-corrected chi connectivity index (χ2v) is 12.3. The van der Waals surface area contributed by atoms with Gasteiger partial charge in [0, 0.05) is 27.4 Å². The number of anilines is 6. The van der Waals surface area contributed by atoms with Gasteiger partial charge < -0.3 is 41.1 Å². The van der Waals surface area contributed by atoms with Crippen molar-refractivity contribution in [2.24, 2.45) is 0 Å². The number of rotatable bonds is 15. The molecule has 0 aliphatic carbocycles. The lowest BCUT2D eigenvalue weighted by molar-refractivity contribution is -0.153. The maximum atomic E-state index is 12.6. The molecule has 51 heavy (non-hydrogen) atoms. The molecule has 12 heteroatoms. The molecule has 12 nitrogen and oxygen atoms in total. The molecule has 1 atom stereocenters. The van der Waals surface area contributed by atoms with Gasteiger partial charge in [-0.05, 0) is 55.6 Å². The molecule has 5 aromatic rings. The molecule has 1 heterocycles. The average molecular weight is 689 g/mol. The summed E-state index contributed by atoms with van der Waals surface area (Å²) in [6, 6.07) is 32.1. The number of hydrogen-bond donors (Lipinski definition) is 6. The molecular weight excluding hydrogens is 648 g/mol. The number of fused-ring (bicyclic) bond motifs is 1. The van der Waals surface area contributed by atoms with Crippen molar-refractivity contribution in [3.05, 3.63) is 109 Å². The van der Waals surface area contributed by atoms with E-state index >= 15 is 0 Å². The van der Waals surface area contributed by atoms with Crippen LogP contribution in [0.2, 0.25) is 0 Å². The zero-order valence-electron chi connectivity index (χ0n) is 28.4. The van der Waals surface area contributed by atoms with Gasteiger partial charge in [0.05, 0.1) is 41.3 Å². The van der Waals surface area contributed by atoms with Crippen molar-refractivity contribution in [1.29, 1.82) is 0 Å². The van der Waals surface area contributed by atoms with E-state index in [2.05, 4.69) is 51.0 Å². The van der Waals surface area contributed by atoms with Crippen molar-refractivity contribution < 1.29 is 28.6 Å². The van der Waals surface area contributed by atoms with Crippen molar-refractivity contribution in [1.82, 2.24) is 0 Å². The Morgan fingerprint density at radius 2 is 1.27 bits per heavy atom. The van der Waals surface area contributed by atoms with E-state index in [1.54, 1.807) is 0 Å². The molecule has 1 unspecified atom stereocenters. The summed E-state index contributed by atoms with van der Waals surface area (Å²) < 4.78 is 15.5. The number of hydrazine groups is 2. The van der Waals surface area contributed by atoms with Gasteiger partial charge in [-0.25, -0.2) is 4.79 Å². The molecule has 0 amide bonds. The third-order valence-electron chi connectivity index (χ3n) is 8.21. The van der Waals surface area contributed by atoms with E-state index < -0.39 is 23.6 Å². The lowest BCUT2D eigenvalue weighted by Crippen LogP contribution is -2.49. The summed E-state index contributed by atoms with van der Waals surface area (Å²) in [6.07, 6.45) is -0.323. The van der Waals surface area contributed by atoms with Crippen LogP contribution in [-0.2, 0) is 28.6 Å². The molecule has 262 valence electrons. The monoisotopic (exact) mass is 688 g/mol. The molecule has 0 saturated carbocycles. The van der Waals surface area contributed by atoms with Crippen molar-refractivity contribution in [3.8, 4) is 0 Å². The Labute approximate surface area is 295 Å². The zero-order chi connectivity index (χ0) is 35.8. The van der Waals surface area contributed by atoms with Crippen molar-refractivity contribution in [2.45, 2.75) is 32.4 Å². The Hall–Kier alpha value is -6.43. The highest BCUT2D eigenvalue weighted by Crippen LogP contribution is 2.42.